The summed E-state index contributed by atoms with van der Waals surface area (Å²) in [5.41, 5.74) is 2.80. The number of amides is 1. The van der Waals surface area contributed by atoms with Crippen LogP contribution in [0.15, 0.2) is 48.5 Å². The van der Waals surface area contributed by atoms with Crippen molar-refractivity contribution in [3.63, 3.8) is 0 Å². The monoisotopic (exact) mass is 302 g/mol. The highest BCUT2D eigenvalue weighted by Crippen LogP contribution is 2.23. The van der Waals surface area contributed by atoms with Crippen LogP contribution in [0.3, 0.4) is 0 Å². The van der Waals surface area contributed by atoms with E-state index in [-0.39, 0.29) is 6.09 Å². The minimum Gasteiger partial charge on any atom is -0.447 e. The average Bonchev–Trinajstić information content (AvgIpc) is 2.93. The first-order chi connectivity index (χ1) is 10.2. The number of rotatable bonds is 4. The summed E-state index contributed by atoms with van der Waals surface area (Å²) in [6, 6.07) is 15.4. The number of carbonyl (C=O) groups is 1. The summed E-state index contributed by atoms with van der Waals surface area (Å²) in [4.78, 5) is 13.2. The fraction of sp³-hybridized carbons (Fsp3) is 0.188. The quantitative estimate of drug-likeness (QED) is 0.931. The van der Waals surface area contributed by atoms with Crippen LogP contribution in [0.1, 0.15) is 5.56 Å². The van der Waals surface area contributed by atoms with Crippen molar-refractivity contribution in [1.29, 1.82) is 0 Å². The predicted octanol–water partition coefficient (Wildman–Crippen LogP) is 3.91. The molecule has 0 bridgehead atoms. The van der Waals surface area contributed by atoms with E-state index < -0.39 is 0 Å². The van der Waals surface area contributed by atoms with Gasteiger partial charge in [-0.2, -0.15) is 0 Å². The van der Waals surface area contributed by atoms with Crippen molar-refractivity contribution >= 4 is 29.1 Å². The molecule has 1 fully saturated rings. The molecular weight excluding hydrogens is 288 g/mol. The van der Waals surface area contributed by atoms with Crippen molar-refractivity contribution in [3.05, 3.63) is 59.1 Å². The maximum Gasteiger partial charge on any atom is 0.414 e. The van der Waals surface area contributed by atoms with E-state index in [1.54, 1.807) is 4.90 Å². The summed E-state index contributed by atoms with van der Waals surface area (Å²) >= 11 is 6.14. The Morgan fingerprint density at radius 3 is 2.81 bits per heavy atom. The molecule has 3 rings (SSSR count). The van der Waals surface area contributed by atoms with Crippen LogP contribution < -0.4 is 10.2 Å². The van der Waals surface area contributed by atoms with Crippen molar-refractivity contribution in [2.75, 3.05) is 23.4 Å². The second-order valence-corrected chi connectivity index (χ2v) is 5.17. The zero-order valence-corrected chi connectivity index (χ0v) is 12.1. The fourth-order valence-electron chi connectivity index (χ4n) is 2.25. The van der Waals surface area contributed by atoms with Crippen LogP contribution in [0.4, 0.5) is 16.2 Å². The second-order valence-electron chi connectivity index (χ2n) is 4.76. The Balaban J connectivity index is 1.72. The molecule has 108 valence electrons. The number of anilines is 2. The number of nitrogens with one attached hydrogen (secondary N) is 1. The van der Waals surface area contributed by atoms with Gasteiger partial charge in [-0.3, -0.25) is 4.90 Å². The smallest absolute Gasteiger partial charge is 0.414 e. The van der Waals surface area contributed by atoms with Gasteiger partial charge in [0.05, 0.1) is 6.54 Å². The number of nitrogens with zero attached hydrogens (tertiary/aromatic N) is 1. The lowest BCUT2D eigenvalue weighted by molar-refractivity contribution is 0.181. The van der Waals surface area contributed by atoms with E-state index in [2.05, 4.69) is 5.32 Å². The number of hydrogen-bond donors (Lipinski definition) is 1. The van der Waals surface area contributed by atoms with Crippen LogP contribution in [-0.2, 0) is 11.3 Å². The maximum absolute atomic E-state index is 11.6. The highest BCUT2D eigenvalue weighted by Gasteiger charge is 2.23. The third-order valence-electron chi connectivity index (χ3n) is 3.36. The summed E-state index contributed by atoms with van der Waals surface area (Å²) in [6.45, 7) is 1.66. The highest BCUT2D eigenvalue weighted by atomic mass is 35.5. The molecule has 1 aliphatic rings. The second kappa shape index (κ2) is 6.06. The maximum atomic E-state index is 11.6. The summed E-state index contributed by atoms with van der Waals surface area (Å²) in [5, 5.41) is 4.06. The first-order valence-electron chi connectivity index (χ1n) is 6.76. The van der Waals surface area contributed by atoms with E-state index in [4.69, 9.17) is 16.3 Å². The Morgan fingerprint density at radius 2 is 2.05 bits per heavy atom. The number of carbonyl (C=O) groups excluding carboxylic acids is 1. The molecule has 0 unspecified atom stereocenters. The van der Waals surface area contributed by atoms with Crippen molar-refractivity contribution < 1.29 is 9.53 Å². The molecule has 1 amide bonds. The SMILES string of the molecule is O=C1OCCN1c1cccc(NCc2ccccc2Cl)c1. The van der Waals surface area contributed by atoms with Gasteiger partial charge in [-0.15, -0.1) is 0 Å². The molecule has 0 atom stereocenters. The normalized spacial score (nSPS) is 14.1. The van der Waals surface area contributed by atoms with E-state index in [9.17, 15) is 4.79 Å². The topological polar surface area (TPSA) is 41.6 Å². The fourth-order valence-corrected chi connectivity index (χ4v) is 2.45. The molecule has 21 heavy (non-hydrogen) atoms. The zero-order chi connectivity index (χ0) is 14.7. The molecular formula is C16H15ClN2O2. The summed E-state index contributed by atoms with van der Waals surface area (Å²) in [6.07, 6.45) is -0.293. The van der Waals surface area contributed by atoms with Crippen LogP contribution >= 0.6 is 11.6 Å². The molecule has 0 aromatic heterocycles. The van der Waals surface area contributed by atoms with Crippen LogP contribution in [0.2, 0.25) is 5.02 Å². The first-order valence-corrected chi connectivity index (χ1v) is 7.13. The van der Waals surface area contributed by atoms with Crippen LogP contribution in [0, 0.1) is 0 Å². The third-order valence-corrected chi connectivity index (χ3v) is 3.73. The van der Waals surface area contributed by atoms with Gasteiger partial charge in [0, 0.05) is 22.9 Å². The van der Waals surface area contributed by atoms with Crippen molar-refractivity contribution in [1.82, 2.24) is 0 Å². The van der Waals surface area contributed by atoms with Crippen LogP contribution in [0.5, 0.6) is 0 Å². The van der Waals surface area contributed by atoms with Gasteiger partial charge in [0.1, 0.15) is 6.61 Å². The van der Waals surface area contributed by atoms with Gasteiger partial charge in [-0.1, -0.05) is 35.9 Å². The summed E-state index contributed by atoms with van der Waals surface area (Å²) in [7, 11) is 0. The molecule has 2 aromatic carbocycles. The van der Waals surface area contributed by atoms with E-state index in [0.29, 0.717) is 19.7 Å². The standard InChI is InChI=1S/C16H15ClN2O2/c17-15-7-2-1-4-12(15)11-18-13-5-3-6-14(10-13)19-8-9-21-16(19)20/h1-7,10,18H,8-9,11H2. The van der Waals surface area contributed by atoms with E-state index >= 15 is 0 Å². The molecule has 0 aliphatic carbocycles. The summed E-state index contributed by atoms with van der Waals surface area (Å²) < 4.78 is 4.95. The Labute approximate surface area is 128 Å². The van der Waals surface area contributed by atoms with E-state index in [1.165, 1.54) is 0 Å². The van der Waals surface area contributed by atoms with E-state index in [1.807, 2.05) is 48.5 Å². The number of ether oxygens (including phenoxy) is 1. The highest BCUT2D eigenvalue weighted by molar-refractivity contribution is 6.31. The van der Waals surface area contributed by atoms with E-state index in [0.717, 1.165) is 22.0 Å². The largest absolute Gasteiger partial charge is 0.447 e. The van der Waals surface area contributed by atoms with Crippen molar-refractivity contribution in [2.24, 2.45) is 0 Å². The molecule has 1 N–H and O–H groups in total. The number of hydrogen-bond acceptors (Lipinski definition) is 3. The van der Waals surface area contributed by atoms with Crippen molar-refractivity contribution in [3.8, 4) is 0 Å². The molecule has 1 aliphatic heterocycles. The minimum atomic E-state index is -0.293. The van der Waals surface area contributed by atoms with Gasteiger partial charge in [0.25, 0.3) is 0 Å². The number of halogens is 1. The molecule has 0 radical (unpaired) electrons. The number of cyclic esters (lactones) is 1. The van der Waals surface area contributed by atoms with Crippen molar-refractivity contribution in [2.45, 2.75) is 6.54 Å². The van der Waals surface area contributed by atoms with Gasteiger partial charge in [-0.05, 0) is 29.8 Å². The lowest BCUT2D eigenvalue weighted by Crippen LogP contribution is -2.23. The lowest BCUT2D eigenvalue weighted by Gasteiger charge is -2.15. The lowest BCUT2D eigenvalue weighted by atomic mass is 10.2. The zero-order valence-electron chi connectivity index (χ0n) is 11.4. The van der Waals surface area contributed by atoms with Gasteiger partial charge in [-0.25, -0.2) is 4.79 Å². The first kappa shape index (κ1) is 13.8. The molecule has 1 saturated heterocycles. The molecule has 0 saturated carbocycles. The third kappa shape index (κ3) is 3.11. The Kier molecular flexibility index (Phi) is 3.97. The number of benzene rings is 2. The summed E-state index contributed by atoms with van der Waals surface area (Å²) in [5.74, 6) is 0. The molecule has 4 nitrogen and oxygen atoms in total. The molecule has 2 aromatic rings. The van der Waals surface area contributed by atoms with Gasteiger partial charge in [0.15, 0.2) is 0 Å². The van der Waals surface area contributed by atoms with Gasteiger partial charge >= 0.3 is 6.09 Å². The van der Waals surface area contributed by atoms with Crippen LogP contribution in [0.25, 0.3) is 0 Å². The average molecular weight is 303 g/mol. The molecule has 0 spiro atoms. The molecule has 5 heteroatoms. The van der Waals surface area contributed by atoms with Gasteiger partial charge in [0.2, 0.25) is 0 Å². The van der Waals surface area contributed by atoms with Gasteiger partial charge < -0.3 is 10.1 Å². The minimum absolute atomic E-state index is 0.293. The molecule has 1 heterocycles. The predicted molar refractivity (Wildman–Crippen MR) is 83.9 cm³/mol. The van der Waals surface area contributed by atoms with Crippen LogP contribution in [-0.4, -0.2) is 19.2 Å². The Morgan fingerprint density at radius 1 is 1.19 bits per heavy atom. The Bertz CT molecular complexity index is 660. The Hall–Kier alpha value is -2.20.